The lowest BCUT2D eigenvalue weighted by Crippen LogP contribution is -2.15. The largest absolute Gasteiger partial charge is 0.494 e. The van der Waals surface area contributed by atoms with Crippen molar-refractivity contribution in [3.8, 4) is 5.75 Å². The molecule has 0 aliphatic heterocycles. The monoisotopic (exact) mass is 321 g/mol. The summed E-state index contributed by atoms with van der Waals surface area (Å²) in [6, 6.07) is 10.7. The van der Waals surface area contributed by atoms with Gasteiger partial charge in [-0.1, -0.05) is 18.5 Å². The summed E-state index contributed by atoms with van der Waals surface area (Å²) in [5.74, 6) is 0.935. The molecule has 1 aromatic carbocycles. The van der Waals surface area contributed by atoms with Crippen LogP contribution in [0.2, 0.25) is 4.34 Å². The second-order valence-corrected chi connectivity index (χ2v) is 7.16. The topological polar surface area (TPSA) is 21.3 Å². The van der Waals surface area contributed by atoms with Crippen LogP contribution in [0, 0.1) is 0 Å². The summed E-state index contributed by atoms with van der Waals surface area (Å²) in [7, 11) is 0. The Kier molecular flexibility index (Phi) is 4.71. The lowest BCUT2D eigenvalue weighted by Gasteiger charge is -2.24. The highest BCUT2D eigenvalue weighted by Crippen LogP contribution is 2.39. The van der Waals surface area contributed by atoms with Crippen LogP contribution in [-0.4, -0.2) is 6.61 Å². The lowest BCUT2D eigenvalue weighted by molar-refractivity contribution is 0.317. The highest BCUT2D eigenvalue weighted by molar-refractivity contribution is 7.16. The third kappa shape index (κ3) is 3.53. The van der Waals surface area contributed by atoms with Crippen molar-refractivity contribution in [2.75, 3.05) is 11.9 Å². The highest BCUT2D eigenvalue weighted by atomic mass is 35.5. The van der Waals surface area contributed by atoms with Gasteiger partial charge in [0.1, 0.15) is 5.75 Å². The predicted molar refractivity (Wildman–Crippen MR) is 90.9 cm³/mol. The van der Waals surface area contributed by atoms with E-state index in [2.05, 4.69) is 30.4 Å². The van der Waals surface area contributed by atoms with Crippen LogP contribution in [0.1, 0.15) is 42.7 Å². The number of fused-ring (bicyclic) bond motifs is 1. The molecular formula is C17H20ClNOS. The molecular weight excluding hydrogens is 302 g/mol. The number of ether oxygens (including phenoxy) is 1. The van der Waals surface area contributed by atoms with E-state index in [0.29, 0.717) is 6.04 Å². The van der Waals surface area contributed by atoms with Crippen molar-refractivity contribution in [2.45, 2.75) is 38.6 Å². The smallest absolute Gasteiger partial charge is 0.119 e. The summed E-state index contributed by atoms with van der Waals surface area (Å²) in [6.07, 6.45) is 4.58. The number of hydrogen-bond donors (Lipinski definition) is 1. The average molecular weight is 322 g/mol. The van der Waals surface area contributed by atoms with Gasteiger partial charge in [0, 0.05) is 10.6 Å². The van der Waals surface area contributed by atoms with Crippen LogP contribution in [0.15, 0.2) is 30.3 Å². The minimum atomic E-state index is 0.375. The number of benzene rings is 1. The third-order valence-electron chi connectivity index (χ3n) is 3.75. The molecule has 0 bridgehead atoms. The quantitative estimate of drug-likeness (QED) is 0.765. The maximum Gasteiger partial charge on any atom is 0.119 e. The molecule has 3 rings (SSSR count). The first-order valence-corrected chi connectivity index (χ1v) is 8.73. The van der Waals surface area contributed by atoms with Crippen molar-refractivity contribution < 1.29 is 4.74 Å². The van der Waals surface area contributed by atoms with Gasteiger partial charge in [-0.15, -0.1) is 11.3 Å². The van der Waals surface area contributed by atoms with Gasteiger partial charge in [0.15, 0.2) is 0 Å². The minimum Gasteiger partial charge on any atom is -0.494 e. The Morgan fingerprint density at radius 2 is 2.14 bits per heavy atom. The zero-order valence-electron chi connectivity index (χ0n) is 12.2. The molecule has 0 amide bonds. The summed E-state index contributed by atoms with van der Waals surface area (Å²) < 4.78 is 6.52. The van der Waals surface area contributed by atoms with Gasteiger partial charge in [-0.05, 0) is 61.6 Å². The van der Waals surface area contributed by atoms with E-state index in [0.717, 1.165) is 41.6 Å². The van der Waals surface area contributed by atoms with E-state index in [4.69, 9.17) is 16.3 Å². The van der Waals surface area contributed by atoms with Gasteiger partial charge in [0.25, 0.3) is 0 Å². The second-order valence-electron chi connectivity index (χ2n) is 5.39. The first kappa shape index (κ1) is 14.7. The van der Waals surface area contributed by atoms with Crippen molar-refractivity contribution in [2.24, 2.45) is 0 Å². The maximum atomic E-state index is 6.16. The Balaban J connectivity index is 1.69. The van der Waals surface area contributed by atoms with Crippen LogP contribution in [0.5, 0.6) is 5.75 Å². The SMILES string of the molecule is CCCOc1ccc(NC2CCCc3sc(Cl)cc32)cc1. The number of hydrogen-bond acceptors (Lipinski definition) is 3. The summed E-state index contributed by atoms with van der Waals surface area (Å²) in [5.41, 5.74) is 2.52. The summed E-state index contributed by atoms with van der Waals surface area (Å²) in [5, 5.41) is 3.63. The molecule has 1 heterocycles. The van der Waals surface area contributed by atoms with E-state index in [1.54, 1.807) is 11.3 Å². The average Bonchev–Trinajstić information content (AvgIpc) is 2.88. The molecule has 1 aliphatic rings. The minimum absolute atomic E-state index is 0.375. The molecule has 1 N–H and O–H groups in total. The van der Waals surface area contributed by atoms with Crippen molar-refractivity contribution in [1.29, 1.82) is 0 Å². The summed E-state index contributed by atoms with van der Waals surface area (Å²) in [6.45, 7) is 2.88. The highest BCUT2D eigenvalue weighted by Gasteiger charge is 2.22. The second kappa shape index (κ2) is 6.71. The molecule has 0 saturated heterocycles. The first-order chi connectivity index (χ1) is 10.3. The molecule has 1 unspecified atom stereocenters. The van der Waals surface area contributed by atoms with Gasteiger partial charge in [-0.2, -0.15) is 0 Å². The van der Waals surface area contributed by atoms with Gasteiger partial charge in [-0.25, -0.2) is 0 Å². The molecule has 0 fully saturated rings. The normalized spacial score (nSPS) is 17.3. The van der Waals surface area contributed by atoms with Crippen LogP contribution in [0.4, 0.5) is 5.69 Å². The van der Waals surface area contributed by atoms with Crippen molar-refractivity contribution >= 4 is 28.6 Å². The Bertz CT molecular complexity index is 593. The van der Waals surface area contributed by atoms with E-state index in [1.165, 1.54) is 16.9 Å². The molecule has 2 nitrogen and oxygen atoms in total. The molecule has 0 saturated carbocycles. The molecule has 1 atom stereocenters. The van der Waals surface area contributed by atoms with Crippen LogP contribution in [0.25, 0.3) is 0 Å². The standard InChI is InChI=1S/C17H20ClNOS/c1-2-10-20-13-8-6-12(7-9-13)19-15-4-3-5-16-14(15)11-17(18)21-16/h6-9,11,15,19H,2-5,10H2,1H3. The van der Waals surface area contributed by atoms with E-state index < -0.39 is 0 Å². The molecule has 0 spiro atoms. The number of thiophene rings is 1. The van der Waals surface area contributed by atoms with E-state index in [-0.39, 0.29) is 0 Å². The van der Waals surface area contributed by atoms with Gasteiger partial charge in [-0.3, -0.25) is 0 Å². The summed E-state index contributed by atoms with van der Waals surface area (Å²) >= 11 is 7.88. The van der Waals surface area contributed by atoms with Gasteiger partial charge >= 0.3 is 0 Å². The zero-order valence-corrected chi connectivity index (χ0v) is 13.8. The Labute approximate surface area is 135 Å². The van der Waals surface area contributed by atoms with Crippen LogP contribution in [0.3, 0.4) is 0 Å². The molecule has 1 aromatic heterocycles. The number of rotatable bonds is 5. The van der Waals surface area contributed by atoms with Gasteiger partial charge < -0.3 is 10.1 Å². The van der Waals surface area contributed by atoms with E-state index in [1.807, 2.05) is 12.1 Å². The molecule has 0 radical (unpaired) electrons. The first-order valence-electron chi connectivity index (χ1n) is 7.54. The lowest BCUT2D eigenvalue weighted by atomic mass is 9.94. The van der Waals surface area contributed by atoms with Crippen molar-refractivity contribution in [3.63, 3.8) is 0 Å². The van der Waals surface area contributed by atoms with Crippen molar-refractivity contribution in [3.05, 3.63) is 45.1 Å². The van der Waals surface area contributed by atoms with E-state index >= 15 is 0 Å². The van der Waals surface area contributed by atoms with E-state index in [9.17, 15) is 0 Å². The molecule has 4 heteroatoms. The predicted octanol–water partition coefficient (Wildman–Crippen LogP) is 5.68. The Morgan fingerprint density at radius 1 is 1.33 bits per heavy atom. The fourth-order valence-electron chi connectivity index (χ4n) is 2.74. The molecule has 1 aliphatic carbocycles. The van der Waals surface area contributed by atoms with Crippen LogP contribution >= 0.6 is 22.9 Å². The Hall–Kier alpha value is -1.19. The van der Waals surface area contributed by atoms with Crippen LogP contribution in [-0.2, 0) is 6.42 Å². The third-order valence-corrected chi connectivity index (χ3v) is 5.09. The maximum absolute atomic E-state index is 6.16. The summed E-state index contributed by atoms with van der Waals surface area (Å²) in [4.78, 5) is 1.44. The number of halogens is 1. The fraction of sp³-hybridized carbons (Fsp3) is 0.412. The molecule has 2 aromatic rings. The number of aryl methyl sites for hydroxylation is 1. The molecule has 21 heavy (non-hydrogen) atoms. The fourth-order valence-corrected chi connectivity index (χ4v) is 4.12. The van der Waals surface area contributed by atoms with Crippen LogP contribution < -0.4 is 10.1 Å². The van der Waals surface area contributed by atoms with Gasteiger partial charge in [0.2, 0.25) is 0 Å². The Morgan fingerprint density at radius 3 is 2.90 bits per heavy atom. The zero-order chi connectivity index (χ0) is 14.7. The molecule has 112 valence electrons. The number of anilines is 1. The van der Waals surface area contributed by atoms with Crippen molar-refractivity contribution in [1.82, 2.24) is 0 Å². The van der Waals surface area contributed by atoms with Gasteiger partial charge in [0.05, 0.1) is 17.0 Å². The number of nitrogens with one attached hydrogen (secondary N) is 1.